The van der Waals surface area contributed by atoms with Gasteiger partial charge in [0.25, 0.3) is 0 Å². The molecule has 0 aromatic heterocycles. The fourth-order valence-electron chi connectivity index (χ4n) is 8.17. The zero-order valence-corrected chi connectivity index (χ0v) is 39.0. The maximum absolute atomic E-state index is 13.0. The molecule has 354 valence electrons. The Morgan fingerprint density at radius 3 is 1.40 bits per heavy atom. The summed E-state index contributed by atoms with van der Waals surface area (Å²) < 4.78 is 11.2. The van der Waals surface area contributed by atoms with Gasteiger partial charge < -0.3 is 40.3 Å². The minimum absolute atomic E-state index is 0.183. The van der Waals surface area contributed by atoms with Gasteiger partial charge in [0.2, 0.25) is 5.91 Å². The number of nitrogens with one attached hydrogen (secondary N) is 1. The Kier molecular flexibility index (Phi) is 39.4. The summed E-state index contributed by atoms with van der Waals surface area (Å²) in [6.07, 6.45) is 43.7. The molecule has 0 bridgehead atoms. The number of allylic oxidation sites excluding steroid dienone is 3. The minimum Gasteiger partial charge on any atom is -0.394 e. The van der Waals surface area contributed by atoms with Crippen LogP contribution in [0.15, 0.2) is 24.3 Å². The van der Waals surface area contributed by atoms with Crippen molar-refractivity contribution in [3.8, 4) is 0 Å². The van der Waals surface area contributed by atoms with Gasteiger partial charge in [-0.15, -0.1) is 0 Å². The lowest BCUT2D eigenvalue weighted by molar-refractivity contribution is -0.302. The van der Waals surface area contributed by atoms with Crippen molar-refractivity contribution < 1.29 is 39.8 Å². The van der Waals surface area contributed by atoms with Crippen LogP contribution in [0.5, 0.6) is 0 Å². The smallest absolute Gasteiger partial charge is 0.220 e. The number of rotatable bonds is 43. The second-order valence-electron chi connectivity index (χ2n) is 18.0. The molecule has 1 aliphatic rings. The minimum atomic E-state index is -1.57. The number of carbonyl (C=O) groups is 1. The van der Waals surface area contributed by atoms with E-state index in [-0.39, 0.29) is 12.5 Å². The Labute approximate surface area is 369 Å². The summed E-state index contributed by atoms with van der Waals surface area (Å²) in [6.45, 7) is 3.78. The van der Waals surface area contributed by atoms with Crippen molar-refractivity contribution in [3.05, 3.63) is 24.3 Å². The van der Waals surface area contributed by atoms with E-state index in [1.54, 1.807) is 6.08 Å². The Bertz CT molecular complexity index is 992. The molecule has 6 N–H and O–H groups in total. The molecule has 0 spiro atoms. The predicted octanol–water partition coefficient (Wildman–Crippen LogP) is 11.5. The van der Waals surface area contributed by atoms with E-state index >= 15 is 0 Å². The van der Waals surface area contributed by atoms with Crippen LogP contribution >= 0.6 is 0 Å². The van der Waals surface area contributed by atoms with Gasteiger partial charge >= 0.3 is 0 Å². The fourth-order valence-corrected chi connectivity index (χ4v) is 8.17. The monoisotopic (exact) mass is 852 g/mol. The maximum atomic E-state index is 13.0. The van der Waals surface area contributed by atoms with Crippen molar-refractivity contribution in [1.29, 1.82) is 0 Å². The van der Waals surface area contributed by atoms with Crippen molar-refractivity contribution in [2.45, 2.75) is 281 Å². The first-order chi connectivity index (χ1) is 29.3. The lowest BCUT2D eigenvalue weighted by Gasteiger charge is -2.40. The molecular formula is C51H97NO8. The second kappa shape index (κ2) is 41.7. The van der Waals surface area contributed by atoms with E-state index in [1.165, 1.54) is 180 Å². The number of hydrogen-bond donors (Lipinski definition) is 6. The summed E-state index contributed by atoms with van der Waals surface area (Å²) >= 11 is 0. The van der Waals surface area contributed by atoms with Crippen LogP contribution in [0.1, 0.15) is 239 Å². The highest BCUT2D eigenvalue weighted by Gasteiger charge is 2.44. The molecule has 0 aliphatic carbocycles. The highest BCUT2D eigenvalue weighted by molar-refractivity contribution is 5.76. The van der Waals surface area contributed by atoms with Gasteiger partial charge in [-0.05, 0) is 32.1 Å². The van der Waals surface area contributed by atoms with E-state index in [0.29, 0.717) is 6.42 Å². The largest absolute Gasteiger partial charge is 0.394 e. The first-order valence-corrected chi connectivity index (χ1v) is 25.6. The number of aliphatic hydroxyl groups excluding tert-OH is 5. The summed E-state index contributed by atoms with van der Waals surface area (Å²) in [5.74, 6) is -0.183. The molecule has 1 aliphatic heterocycles. The van der Waals surface area contributed by atoms with Crippen LogP contribution in [0.3, 0.4) is 0 Å². The zero-order valence-electron chi connectivity index (χ0n) is 39.0. The Morgan fingerprint density at radius 1 is 0.550 bits per heavy atom. The van der Waals surface area contributed by atoms with Crippen LogP contribution in [-0.2, 0) is 14.3 Å². The number of unbranched alkanes of at least 4 members (excludes halogenated alkanes) is 31. The first kappa shape index (κ1) is 56.7. The van der Waals surface area contributed by atoms with Gasteiger partial charge in [-0.25, -0.2) is 0 Å². The maximum Gasteiger partial charge on any atom is 0.220 e. The van der Waals surface area contributed by atoms with Crippen molar-refractivity contribution in [1.82, 2.24) is 5.32 Å². The lowest BCUT2D eigenvalue weighted by atomic mass is 9.99. The van der Waals surface area contributed by atoms with Crippen LogP contribution < -0.4 is 5.32 Å². The molecule has 0 saturated carbocycles. The predicted molar refractivity (Wildman–Crippen MR) is 249 cm³/mol. The SMILES string of the molecule is CCCCCCCCCCCCCCCCC/C=C/CC/C=C/C(O)C(COC1OC(CO)C(O)C(O)C1O)NC(=O)CCCCCCCCCCCCCCCCCC. The van der Waals surface area contributed by atoms with E-state index in [4.69, 9.17) is 9.47 Å². The van der Waals surface area contributed by atoms with Crippen molar-refractivity contribution >= 4 is 5.91 Å². The second-order valence-corrected chi connectivity index (χ2v) is 18.0. The molecule has 9 heteroatoms. The molecule has 7 unspecified atom stereocenters. The Hall–Kier alpha value is -1.33. The average molecular weight is 852 g/mol. The van der Waals surface area contributed by atoms with E-state index in [2.05, 4.69) is 31.3 Å². The van der Waals surface area contributed by atoms with Gasteiger partial charge in [-0.1, -0.05) is 224 Å². The van der Waals surface area contributed by atoms with Crippen molar-refractivity contribution in [2.24, 2.45) is 0 Å². The van der Waals surface area contributed by atoms with Gasteiger partial charge in [0.15, 0.2) is 6.29 Å². The number of hydrogen-bond acceptors (Lipinski definition) is 8. The highest BCUT2D eigenvalue weighted by atomic mass is 16.7. The van der Waals surface area contributed by atoms with E-state index in [1.807, 2.05) is 6.08 Å². The third-order valence-corrected chi connectivity index (χ3v) is 12.3. The summed E-state index contributed by atoms with van der Waals surface area (Å²) in [4.78, 5) is 13.0. The Balaban J connectivity index is 2.32. The summed E-state index contributed by atoms with van der Waals surface area (Å²) in [5, 5.41) is 54.3. The summed E-state index contributed by atoms with van der Waals surface area (Å²) in [5.41, 5.74) is 0. The molecule has 1 fully saturated rings. The molecular weight excluding hydrogens is 755 g/mol. The van der Waals surface area contributed by atoms with Gasteiger partial charge in [0.1, 0.15) is 24.4 Å². The molecule has 0 aromatic carbocycles. The molecule has 7 atom stereocenters. The molecule has 0 aromatic rings. The van der Waals surface area contributed by atoms with Crippen LogP contribution in [0.4, 0.5) is 0 Å². The molecule has 0 radical (unpaired) electrons. The van der Waals surface area contributed by atoms with Crippen LogP contribution in [0, 0.1) is 0 Å². The average Bonchev–Trinajstić information content (AvgIpc) is 3.25. The van der Waals surface area contributed by atoms with Crippen LogP contribution in [0.2, 0.25) is 0 Å². The third-order valence-electron chi connectivity index (χ3n) is 12.3. The van der Waals surface area contributed by atoms with Gasteiger partial charge in [0, 0.05) is 6.42 Å². The standard InChI is InChI=1S/C51H97NO8/c1-3-5-7-9-11-13-15-17-19-21-22-23-24-25-26-28-30-32-34-36-38-40-45(54)44(43-59-51-50(58)49(57)48(56)46(42-53)60-51)52-47(55)41-39-37-35-33-31-29-27-20-18-16-14-12-10-8-6-4-2/h30,32,38,40,44-46,48-51,53-54,56-58H,3-29,31,33-37,39,41-43H2,1-2H3,(H,52,55)/b32-30+,40-38+. The zero-order chi connectivity index (χ0) is 43.7. The molecule has 1 amide bonds. The highest BCUT2D eigenvalue weighted by Crippen LogP contribution is 2.23. The van der Waals surface area contributed by atoms with Gasteiger partial charge in [0.05, 0.1) is 25.4 Å². The van der Waals surface area contributed by atoms with E-state index < -0.39 is 49.5 Å². The quantitative estimate of drug-likeness (QED) is 0.0262. The van der Waals surface area contributed by atoms with Gasteiger partial charge in [-0.2, -0.15) is 0 Å². The molecule has 9 nitrogen and oxygen atoms in total. The first-order valence-electron chi connectivity index (χ1n) is 25.6. The fraction of sp³-hybridized carbons (Fsp3) is 0.902. The van der Waals surface area contributed by atoms with Crippen LogP contribution in [-0.4, -0.2) is 87.5 Å². The number of carbonyl (C=O) groups excluding carboxylic acids is 1. The number of aliphatic hydroxyl groups is 5. The molecule has 1 rings (SSSR count). The number of ether oxygens (including phenoxy) is 2. The third kappa shape index (κ3) is 31.5. The molecule has 1 heterocycles. The van der Waals surface area contributed by atoms with Crippen molar-refractivity contribution in [3.63, 3.8) is 0 Å². The van der Waals surface area contributed by atoms with Gasteiger partial charge in [-0.3, -0.25) is 4.79 Å². The summed E-state index contributed by atoms with van der Waals surface area (Å²) in [7, 11) is 0. The van der Waals surface area contributed by atoms with E-state index in [9.17, 15) is 30.3 Å². The van der Waals surface area contributed by atoms with E-state index in [0.717, 1.165) is 38.5 Å². The van der Waals surface area contributed by atoms with Crippen molar-refractivity contribution in [2.75, 3.05) is 13.2 Å². The summed E-state index contributed by atoms with van der Waals surface area (Å²) in [6, 6.07) is -0.817. The van der Waals surface area contributed by atoms with Crippen LogP contribution in [0.25, 0.3) is 0 Å². The lowest BCUT2D eigenvalue weighted by Crippen LogP contribution is -2.60. The molecule has 60 heavy (non-hydrogen) atoms. The Morgan fingerprint density at radius 2 is 0.950 bits per heavy atom. The molecule has 1 saturated heterocycles. The topological polar surface area (TPSA) is 149 Å². The normalized spacial score (nSPS) is 20.7. The number of amides is 1.